The molecule has 1 atom stereocenters. The summed E-state index contributed by atoms with van der Waals surface area (Å²) in [6.07, 6.45) is 5.56. The van der Waals surface area contributed by atoms with Crippen molar-refractivity contribution >= 4 is 25.0 Å². The topological polar surface area (TPSA) is 0 Å². The van der Waals surface area contributed by atoms with Gasteiger partial charge in [0, 0.05) is 5.92 Å². The number of fused-ring (bicyclic) bond motifs is 1. The number of allylic oxidation sites excluding steroid dienone is 3. The van der Waals surface area contributed by atoms with Crippen molar-refractivity contribution in [2.75, 3.05) is 13.3 Å². The van der Waals surface area contributed by atoms with Gasteiger partial charge in [0.2, 0.25) is 0 Å². The Kier molecular flexibility index (Phi) is 4.53. The van der Waals surface area contributed by atoms with Crippen LogP contribution in [0, 0.1) is 0 Å². The molecule has 0 nitrogen and oxygen atoms in total. The molecule has 1 aliphatic carbocycles. The molecule has 0 radical (unpaired) electrons. The molecule has 0 saturated heterocycles. The van der Waals surface area contributed by atoms with Crippen LogP contribution in [0.2, 0.25) is 0 Å². The zero-order valence-electron chi connectivity index (χ0n) is 12.7. The molecule has 1 heteroatoms. The first-order valence-corrected chi connectivity index (χ1v) is 9.78. The molecule has 0 amide bonds. The van der Waals surface area contributed by atoms with Gasteiger partial charge in [-0.25, -0.2) is 0 Å². The molecule has 102 valence electrons. The zero-order chi connectivity index (χ0) is 14.0. The van der Waals surface area contributed by atoms with E-state index in [1.54, 1.807) is 0 Å². The summed E-state index contributed by atoms with van der Waals surface area (Å²) in [6, 6.07) is 6.93. The van der Waals surface area contributed by atoms with Crippen LogP contribution in [0.15, 0.2) is 29.8 Å². The van der Waals surface area contributed by atoms with Gasteiger partial charge in [-0.3, -0.25) is 0 Å². The molecule has 1 aromatic carbocycles. The fourth-order valence-electron chi connectivity index (χ4n) is 2.70. The van der Waals surface area contributed by atoms with Gasteiger partial charge in [-0.1, -0.05) is 55.6 Å². The lowest BCUT2D eigenvalue weighted by Crippen LogP contribution is -1.91. The molecule has 0 heterocycles. The van der Waals surface area contributed by atoms with E-state index in [1.807, 2.05) is 0 Å². The smallest absolute Gasteiger partial charge is 0.00326 e. The van der Waals surface area contributed by atoms with E-state index in [0.717, 1.165) is 6.42 Å². The molecule has 1 unspecified atom stereocenters. The Morgan fingerprint density at radius 2 is 2.00 bits per heavy atom. The monoisotopic (exact) mass is 272 g/mol. The Morgan fingerprint density at radius 3 is 2.63 bits per heavy atom. The van der Waals surface area contributed by atoms with Crippen molar-refractivity contribution in [1.29, 1.82) is 0 Å². The minimum Gasteiger partial charge on any atom is -0.123 e. The summed E-state index contributed by atoms with van der Waals surface area (Å²) in [7, 11) is -0.336. The first kappa shape index (κ1) is 14.4. The van der Waals surface area contributed by atoms with E-state index in [0.29, 0.717) is 5.92 Å². The lowest BCUT2D eigenvalue weighted by atomic mass is 9.97. The molecule has 0 aliphatic heterocycles. The van der Waals surface area contributed by atoms with Crippen molar-refractivity contribution in [3.05, 3.63) is 46.5 Å². The van der Waals surface area contributed by atoms with E-state index in [4.69, 9.17) is 0 Å². The Labute approximate surface area is 118 Å². The van der Waals surface area contributed by atoms with Gasteiger partial charge in [-0.2, -0.15) is 0 Å². The third-order valence-electron chi connectivity index (χ3n) is 3.89. The number of hydrogen-bond acceptors (Lipinski definition) is 0. The van der Waals surface area contributed by atoms with Crippen molar-refractivity contribution in [2.45, 2.75) is 33.1 Å². The highest BCUT2D eigenvalue weighted by Gasteiger charge is 2.23. The summed E-state index contributed by atoms with van der Waals surface area (Å²) in [5.41, 5.74) is 7.35. The van der Waals surface area contributed by atoms with Gasteiger partial charge in [0.1, 0.15) is 0 Å². The van der Waals surface area contributed by atoms with Crippen LogP contribution in [0.4, 0.5) is 0 Å². The van der Waals surface area contributed by atoms with Crippen molar-refractivity contribution in [2.24, 2.45) is 0 Å². The normalized spacial score (nSPS) is 18.5. The van der Waals surface area contributed by atoms with Crippen LogP contribution < -0.4 is 0 Å². The van der Waals surface area contributed by atoms with Crippen LogP contribution in [-0.4, -0.2) is 19.1 Å². The van der Waals surface area contributed by atoms with Gasteiger partial charge >= 0.3 is 0 Å². The lowest BCUT2D eigenvalue weighted by molar-refractivity contribution is 0.920. The first-order chi connectivity index (χ1) is 9.04. The van der Waals surface area contributed by atoms with Crippen LogP contribution in [0.25, 0.3) is 11.6 Å². The van der Waals surface area contributed by atoms with E-state index in [1.165, 1.54) is 27.8 Å². The molecule has 0 N–H and O–H groups in total. The predicted octanol–water partition coefficient (Wildman–Crippen LogP) is 5.28. The molecular weight excluding hydrogens is 247 g/mol. The molecule has 0 spiro atoms. The highest BCUT2D eigenvalue weighted by atomic mass is 31.1. The van der Waals surface area contributed by atoms with Gasteiger partial charge in [-0.05, 0) is 48.9 Å². The minimum atomic E-state index is -0.336. The Balaban J connectivity index is 2.47. The van der Waals surface area contributed by atoms with Gasteiger partial charge in [0.05, 0.1) is 0 Å². The van der Waals surface area contributed by atoms with E-state index >= 15 is 0 Å². The maximum absolute atomic E-state index is 2.50. The molecule has 0 bridgehead atoms. The lowest BCUT2D eigenvalue weighted by Gasteiger charge is -2.08. The molecule has 0 aromatic heterocycles. The fraction of sp³-hybridized carbons (Fsp3) is 0.389. The van der Waals surface area contributed by atoms with E-state index < -0.39 is 0 Å². The van der Waals surface area contributed by atoms with Crippen molar-refractivity contribution in [3.63, 3.8) is 0 Å². The zero-order valence-corrected chi connectivity index (χ0v) is 13.7. The summed E-state index contributed by atoms with van der Waals surface area (Å²) in [5, 5.41) is 0. The SMILES string of the molecule is CC/C=C/c1ccc2c(c1)C(C)C(C)=C2C=[PH](C)C. The molecule has 19 heavy (non-hydrogen) atoms. The van der Waals surface area contributed by atoms with Gasteiger partial charge in [-0.15, -0.1) is 7.55 Å². The largest absolute Gasteiger partial charge is 0.123 e. The molecule has 1 aliphatic rings. The standard InChI is InChI=1S/C18H25P/c1-6-7-8-15-9-10-16-17(11-15)13(2)14(3)18(16)12-19(4)5/h7-13,19H,6H2,1-5H3/b8-7+. The van der Waals surface area contributed by atoms with Crippen LogP contribution >= 0.6 is 7.55 Å². The maximum atomic E-state index is 2.50. The van der Waals surface area contributed by atoms with Crippen LogP contribution in [0.5, 0.6) is 0 Å². The predicted molar refractivity (Wildman–Crippen MR) is 93.0 cm³/mol. The summed E-state index contributed by atoms with van der Waals surface area (Å²) in [4.78, 5) is 0. The van der Waals surface area contributed by atoms with Crippen LogP contribution in [0.3, 0.4) is 0 Å². The summed E-state index contributed by atoms with van der Waals surface area (Å²) in [6.45, 7) is 11.5. The van der Waals surface area contributed by atoms with Crippen molar-refractivity contribution in [3.8, 4) is 0 Å². The molecular formula is C18H25P. The summed E-state index contributed by atoms with van der Waals surface area (Å²) < 4.78 is 0. The van der Waals surface area contributed by atoms with Gasteiger partial charge in [0.25, 0.3) is 0 Å². The third-order valence-corrected chi connectivity index (χ3v) is 4.75. The van der Waals surface area contributed by atoms with Gasteiger partial charge < -0.3 is 0 Å². The average molecular weight is 272 g/mol. The molecule has 0 saturated carbocycles. The Hall–Kier alpha value is -1.000. The van der Waals surface area contributed by atoms with E-state index in [-0.39, 0.29) is 7.55 Å². The van der Waals surface area contributed by atoms with Crippen molar-refractivity contribution < 1.29 is 0 Å². The highest BCUT2D eigenvalue weighted by molar-refractivity contribution is 7.56. The second kappa shape index (κ2) is 5.97. The summed E-state index contributed by atoms with van der Waals surface area (Å²) in [5.74, 6) is 3.07. The first-order valence-electron chi connectivity index (χ1n) is 7.21. The number of hydrogen-bond donors (Lipinski definition) is 0. The maximum Gasteiger partial charge on any atom is 0.00326 e. The van der Waals surface area contributed by atoms with E-state index in [9.17, 15) is 0 Å². The molecule has 2 rings (SSSR count). The van der Waals surface area contributed by atoms with E-state index in [2.05, 4.69) is 70.2 Å². The summed E-state index contributed by atoms with van der Waals surface area (Å²) >= 11 is 0. The van der Waals surface area contributed by atoms with Crippen molar-refractivity contribution in [1.82, 2.24) is 0 Å². The second-order valence-corrected chi connectivity index (χ2v) is 8.14. The third kappa shape index (κ3) is 2.95. The van der Waals surface area contributed by atoms with Crippen LogP contribution in [0.1, 0.15) is 49.8 Å². The number of benzene rings is 1. The Bertz CT molecular complexity index is 569. The number of rotatable bonds is 3. The Morgan fingerprint density at radius 1 is 1.26 bits per heavy atom. The van der Waals surface area contributed by atoms with Crippen LogP contribution in [-0.2, 0) is 0 Å². The molecule has 0 fully saturated rings. The average Bonchev–Trinajstić information content (AvgIpc) is 2.61. The highest BCUT2D eigenvalue weighted by Crippen LogP contribution is 2.42. The quantitative estimate of drug-likeness (QED) is 0.657. The fourth-order valence-corrected chi connectivity index (χ4v) is 3.66. The van der Waals surface area contributed by atoms with Gasteiger partial charge in [0.15, 0.2) is 0 Å². The minimum absolute atomic E-state index is 0.336. The molecule has 1 aromatic rings. The second-order valence-electron chi connectivity index (χ2n) is 5.70.